The third-order valence-corrected chi connectivity index (χ3v) is 3.62. The highest BCUT2D eigenvalue weighted by atomic mass is 32.1. The third kappa shape index (κ3) is 3.42. The zero-order chi connectivity index (χ0) is 11.4. The Morgan fingerprint density at radius 3 is 2.60 bits per heavy atom. The number of hydrogen-bond acceptors (Lipinski definition) is 3. The largest absolute Gasteiger partial charge is 0.299 e. The molecule has 1 rings (SSSR count). The SMILES string of the molecule is CC(C)C(=O)CCc1ncsc1C(C)C. The number of nitrogens with zero attached hydrogens (tertiary/aromatic N) is 1. The molecular formula is C12H19NOS. The summed E-state index contributed by atoms with van der Waals surface area (Å²) in [4.78, 5) is 17.2. The lowest BCUT2D eigenvalue weighted by molar-refractivity contribution is -0.121. The molecule has 0 aliphatic heterocycles. The lowest BCUT2D eigenvalue weighted by atomic mass is 10.0. The Balaban J connectivity index is 2.58. The molecule has 0 atom stereocenters. The van der Waals surface area contributed by atoms with Gasteiger partial charge in [0.1, 0.15) is 5.78 Å². The first kappa shape index (κ1) is 12.4. The Labute approximate surface area is 95.7 Å². The average molecular weight is 225 g/mol. The summed E-state index contributed by atoms with van der Waals surface area (Å²) in [6.07, 6.45) is 1.43. The minimum Gasteiger partial charge on any atom is -0.299 e. The topological polar surface area (TPSA) is 30.0 Å². The molecule has 1 aromatic heterocycles. The van der Waals surface area contributed by atoms with E-state index in [4.69, 9.17) is 0 Å². The van der Waals surface area contributed by atoms with Gasteiger partial charge in [0.15, 0.2) is 0 Å². The first-order chi connectivity index (χ1) is 7.02. The molecule has 1 heterocycles. The molecule has 0 aliphatic rings. The van der Waals surface area contributed by atoms with E-state index in [0.717, 1.165) is 12.1 Å². The number of hydrogen-bond donors (Lipinski definition) is 0. The van der Waals surface area contributed by atoms with Gasteiger partial charge >= 0.3 is 0 Å². The second-order valence-electron chi connectivity index (χ2n) is 4.44. The predicted octanol–water partition coefficient (Wildman–Crippen LogP) is 3.42. The molecule has 2 nitrogen and oxygen atoms in total. The summed E-state index contributed by atoms with van der Waals surface area (Å²) in [5, 5.41) is 0. The van der Waals surface area contributed by atoms with Crippen molar-refractivity contribution in [1.29, 1.82) is 0 Å². The van der Waals surface area contributed by atoms with Crippen LogP contribution >= 0.6 is 11.3 Å². The van der Waals surface area contributed by atoms with E-state index in [1.54, 1.807) is 11.3 Å². The standard InChI is InChI=1S/C12H19NOS/c1-8(2)11(14)6-5-10-12(9(3)4)15-7-13-10/h7-9H,5-6H2,1-4H3. The van der Waals surface area contributed by atoms with E-state index in [2.05, 4.69) is 18.8 Å². The highest BCUT2D eigenvalue weighted by molar-refractivity contribution is 7.09. The number of thiazole rings is 1. The summed E-state index contributed by atoms with van der Waals surface area (Å²) < 4.78 is 0. The number of ketones is 1. The molecular weight excluding hydrogens is 206 g/mol. The minimum absolute atomic E-state index is 0.145. The van der Waals surface area contributed by atoms with Gasteiger partial charge in [0, 0.05) is 17.2 Å². The van der Waals surface area contributed by atoms with E-state index >= 15 is 0 Å². The summed E-state index contributed by atoms with van der Waals surface area (Å²) in [5.74, 6) is 0.991. The van der Waals surface area contributed by atoms with Crippen molar-refractivity contribution in [2.75, 3.05) is 0 Å². The van der Waals surface area contributed by atoms with E-state index in [0.29, 0.717) is 18.1 Å². The predicted molar refractivity (Wildman–Crippen MR) is 64.4 cm³/mol. The number of carbonyl (C=O) groups is 1. The molecule has 0 spiro atoms. The molecule has 15 heavy (non-hydrogen) atoms. The van der Waals surface area contributed by atoms with Crippen LogP contribution in [0.3, 0.4) is 0 Å². The molecule has 0 unspecified atom stereocenters. The van der Waals surface area contributed by atoms with E-state index in [9.17, 15) is 4.79 Å². The molecule has 0 N–H and O–H groups in total. The van der Waals surface area contributed by atoms with Crippen LogP contribution < -0.4 is 0 Å². The van der Waals surface area contributed by atoms with Gasteiger partial charge in [-0.05, 0) is 12.3 Å². The molecule has 0 amide bonds. The van der Waals surface area contributed by atoms with Gasteiger partial charge in [-0.2, -0.15) is 0 Å². The first-order valence-corrected chi connectivity index (χ1v) is 6.35. The summed E-state index contributed by atoms with van der Waals surface area (Å²) in [5.41, 5.74) is 2.99. The Morgan fingerprint density at radius 2 is 2.07 bits per heavy atom. The lowest BCUT2D eigenvalue weighted by Crippen LogP contribution is -2.08. The van der Waals surface area contributed by atoms with Crippen LogP contribution in [0.25, 0.3) is 0 Å². The zero-order valence-electron chi connectivity index (χ0n) is 9.91. The molecule has 0 saturated heterocycles. The maximum Gasteiger partial charge on any atom is 0.135 e. The summed E-state index contributed by atoms with van der Waals surface area (Å²) in [6.45, 7) is 8.24. The molecule has 84 valence electrons. The molecule has 3 heteroatoms. The molecule has 1 aromatic rings. The van der Waals surface area contributed by atoms with E-state index in [-0.39, 0.29) is 5.92 Å². The average Bonchev–Trinajstić information content (AvgIpc) is 2.61. The molecule has 0 aromatic carbocycles. The Bertz CT molecular complexity index is 328. The second-order valence-corrected chi connectivity index (χ2v) is 5.33. The van der Waals surface area contributed by atoms with Crippen LogP contribution in [0, 0.1) is 5.92 Å². The number of aromatic nitrogens is 1. The lowest BCUT2D eigenvalue weighted by Gasteiger charge is -2.06. The van der Waals surface area contributed by atoms with Crippen LogP contribution in [0.15, 0.2) is 5.51 Å². The van der Waals surface area contributed by atoms with Gasteiger partial charge in [-0.3, -0.25) is 4.79 Å². The number of Topliss-reactive ketones (excluding diaryl/α,β-unsaturated/α-hetero) is 1. The van der Waals surface area contributed by atoms with Crippen molar-refractivity contribution in [3.05, 3.63) is 16.1 Å². The Morgan fingerprint density at radius 1 is 1.40 bits per heavy atom. The number of carbonyl (C=O) groups excluding carboxylic acids is 1. The van der Waals surface area contributed by atoms with Gasteiger partial charge in [0.05, 0.1) is 11.2 Å². The van der Waals surface area contributed by atoms with E-state index in [1.807, 2.05) is 19.4 Å². The van der Waals surface area contributed by atoms with Gasteiger partial charge in [-0.25, -0.2) is 4.98 Å². The summed E-state index contributed by atoms with van der Waals surface area (Å²) in [7, 11) is 0. The third-order valence-electron chi connectivity index (χ3n) is 2.45. The Hall–Kier alpha value is -0.700. The van der Waals surface area contributed by atoms with Gasteiger partial charge in [0.2, 0.25) is 0 Å². The van der Waals surface area contributed by atoms with Crippen LogP contribution in [0.1, 0.15) is 50.6 Å². The maximum atomic E-state index is 11.5. The van der Waals surface area contributed by atoms with Crippen molar-refractivity contribution in [3.63, 3.8) is 0 Å². The second kappa shape index (κ2) is 5.40. The van der Waals surface area contributed by atoms with Crippen molar-refractivity contribution in [1.82, 2.24) is 4.98 Å². The Kier molecular flexibility index (Phi) is 4.45. The van der Waals surface area contributed by atoms with Gasteiger partial charge in [0.25, 0.3) is 0 Å². The van der Waals surface area contributed by atoms with Crippen molar-refractivity contribution in [2.45, 2.75) is 46.5 Å². The monoisotopic (exact) mass is 225 g/mol. The van der Waals surface area contributed by atoms with Crippen molar-refractivity contribution in [3.8, 4) is 0 Å². The molecule has 0 saturated carbocycles. The van der Waals surface area contributed by atoms with Crippen LogP contribution in [0.2, 0.25) is 0 Å². The van der Waals surface area contributed by atoms with E-state index in [1.165, 1.54) is 4.88 Å². The fourth-order valence-corrected chi connectivity index (χ4v) is 2.32. The molecule has 0 radical (unpaired) electrons. The quantitative estimate of drug-likeness (QED) is 0.768. The van der Waals surface area contributed by atoms with Crippen LogP contribution in [0.5, 0.6) is 0 Å². The fraction of sp³-hybridized carbons (Fsp3) is 0.667. The summed E-state index contributed by atoms with van der Waals surface area (Å²) >= 11 is 1.70. The maximum absolute atomic E-state index is 11.5. The van der Waals surface area contributed by atoms with Crippen molar-refractivity contribution < 1.29 is 4.79 Å². The van der Waals surface area contributed by atoms with Gasteiger partial charge < -0.3 is 0 Å². The smallest absolute Gasteiger partial charge is 0.135 e. The molecule has 0 bridgehead atoms. The van der Waals surface area contributed by atoms with Crippen LogP contribution in [-0.4, -0.2) is 10.8 Å². The molecule has 0 aliphatic carbocycles. The number of rotatable bonds is 5. The van der Waals surface area contributed by atoms with E-state index < -0.39 is 0 Å². The highest BCUT2D eigenvalue weighted by Crippen LogP contribution is 2.24. The summed E-state index contributed by atoms with van der Waals surface area (Å²) in [6, 6.07) is 0. The minimum atomic E-state index is 0.145. The molecule has 0 fully saturated rings. The normalized spacial score (nSPS) is 11.3. The number of aryl methyl sites for hydroxylation is 1. The van der Waals surface area contributed by atoms with Gasteiger partial charge in [-0.15, -0.1) is 11.3 Å². The first-order valence-electron chi connectivity index (χ1n) is 5.47. The zero-order valence-corrected chi connectivity index (χ0v) is 10.7. The van der Waals surface area contributed by atoms with Crippen molar-refractivity contribution >= 4 is 17.1 Å². The van der Waals surface area contributed by atoms with Crippen LogP contribution in [-0.2, 0) is 11.2 Å². The van der Waals surface area contributed by atoms with Crippen LogP contribution in [0.4, 0.5) is 0 Å². The highest BCUT2D eigenvalue weighted by Gasteiger charge is 2.13. The fourth-order valence-electron chi connectivity index (χ4n) is 1.47. The van der Waals surface area contributed by atoms with Crippen molar-refractivity contribution in [2.24, 2.45) is 5.92 Å². The van der Waals surface area contributed by atoms with Gasteiger partial charge in [-0.1, -0.05) is 27.7 Å².